The Balaban J connectivity index is 2.02. The van der Waals surface area contributed by atoms with E-state index in [4.69, 9.17) is 23.2 Å². The molecule has 1 saturated heterocycles. The summed E-state index contributed by atoms with van der Waals surface area (Å²) < 4.78 is 0. The highest BCUT2D eigenvalue weighted by Crippen LogP contribution is 2.26. The molecule has 1 unspecified atom stereocenters. The molecule has 0 aliphatic carbocycles. The lowest BCUT2D eigenvalue weighted by Crippen LogP contribution is -2.41. The average Bonchev–Trinajstić information content (AvgIpc) is 2.81. The number of carbonyl (C=O) groups is 1. The fourth-order valence-corrected chi connectivity index (χ4v) is 2.72. The van der Waals surface area contributed by atoms with Crippen molar-refractivity contribution in [2.24, 2.45) is 0 Å². The predicted octanol–water partition coefficient (Wildman–Crippen LogP) is 2.92. The van der Waals surface area contributed by atoms with Crippen LogP contribution >= 0.6 is 23.2 Å². The molecular weight excluding hydrogens is 271 g/mol. The summed E-state index contributed by atoms with van der Waals surface area (Å²) in [5, 5.41) is 7.32. The van der Waals surface area contributed by atoms with Crippen molar-refractivity contribution in [3.05, 3.63) is 33.8 Å². The number of carbonyl (C=O) groups excluding carboxylic acids is 1. The molecule has 98 valence electrons. The van der Waals surface area contributed by atoms with Crippen LogP contribution in [0.4, 0.5) is 0 Å². The highest BCUT2D eigenvalue weighted by atomic mass is 35.5. The second-order valence-electron chi connectivity index (χ2n) is 4.55. The second-order valence-corrected chi connectivity index (χ2v) is 5.39. The first kappa shape index (κ1) is 13.7. The average molecular weight is 287 g/mol. The lowest BCUT2D eigenvalue weighted by molar-refractivity contribution is -0.123. The summed E-state index contributed by atoms with van der Waals surface area (Å²) in [5.74, 6) is 0.0333. The number of hydrogen-bond acceptors (Lipinski definition) is 2. The van der Waals surface area contributed by atoms with Gasteiger partial charge in [-0.1, -0.05) is 29.3 Å². The first-order valence-electron chi connectivity index (χ1n) is 6.06. The lowest BCUT2D eigenvalue weighted by atomic mass is 10.1. The molecule has 2 N–H and O–H groups in total. The Labute approximate surface area is 117 Å². The van der Waals surface area contributed by atoms with Crippen molar-refractivity contribution in [1.29, 1.82) is 0 Å². The Morgan fingerprint density at radius 2 is 2.28 bits per heavy atom. The number of benzene rings is 1. The highest BCUT2D eigenvalue weighted by Gasteiger charge is 2.23. The van der Waals surface area contributed by atoms with E-state index in [1.54, 1.807) is 12.1 Å². The minimum atomic E-state index is -0.121. The molecule has 0 saturated carbocycles. The molecule has 18 heavy (non-hydrogen) atoms. The van der Waals surface area contributed by atoms with Crippen molar-refractivity contribution in [2.75, 3.05) is 6.54 Å². The van der Waals surface area contributed by atoms with Gasteiger partial charge in [-0.3, -0.25) is 4.79 Å². The molecule has 1 aliphatic heterocycles. The zero-order chi connectivity index (χ0) is 13.1. The number of amides is 1. The van der Waals surface area contributed by atoms with Crippen molar-refractivity contribution in [3.63, 3.8) is 0 Å². The molecule has 1 aromatic rings. The maximum Gasteiger partial charge on any atom is 0.237 e. The van der Waals surface area contributed by atoms with Gasteiger partial charge in [0.15, 0.2) is 0 Å². The maximum atomic E-state index is 12.0. The second kappa shape index (κ2) is 5.91. The number of halogens is 2. The van der Waals surface area contributed by atoms with Crippen LogP contribution in [0.1, 0.15) is 31.4 Å². The number of hydrogen-bond donors (Lipinski definition) is 2. The molecular formula is C13H16Cl2N2O. The van der Waals surface area contributed by atoms with Gasteiger partial charge in [0.1, 0.15) is 0 Å². The Morgan fingerprint density at radius 3 is 2.89 bits per heavy atom. The molecule has 0 aromatic heterocycles. The first-order valence-corrected chi connectivity index (χ1v) is 6.82. The Bertz CT molecular complexity index is 445. The third-order valence-corrected chi connectivity index (χ3v) is 3.73. The van der Waals surface area contributed by atoms with E-state index in [0.29, 0.717) is 10.0 Å². The summed E-state index contributed by atoms with van der Waals surface area (Å²) >= 11 is 12.0. The van der Waals surface area contributed by atoms with Gasteiger partial charge in [0.2, 0.25) is 5.91 Å². The lowest BCUT2D eigenvalue weighted by Gasteiger charge is -2.18. The van der Waals surface area contributed by atoms with Gasteiger partial charge in [-0.05, 0) is 44.0 Å². The number of rotatable bonds is 3. The molecule has 0 bridgehead atoms. The molecule has 5 heteroatoms. The van der Waals surface area contributed by atoms with Crippen LogP contribution in [0.3, 0.4) is 0 Å². The largest absolute Gasteiger partial charge is 0.348 e. The SMILES string of the molecule is CC(NC(=O)[C@@H]1CCCN1)c1ccc(Cl)cc1Cl. The molecule has 1 fully saturated rings. The van der Waals surface area contributed by atoms with Crippen LogP contribution in [0.5, 0.6) is 0 Å². The fourth-order valence-electron chi connectivity index (χ4n) is 2.15. The van der Waals surface area contributed by atoms with Gasteiger partial charge >= 0.3 is 0 Å². The molecule has 1 aliphatic rings. The molecule has 1 aromatic carbocycles. The Kier molecular flexibility index (Phi) is 4.49. The van der Waals surface area contributed by atoms with Gasteiger partial charge in [-0.2, -0.15) is 0 Å². The summed E-state index contributed by atoms with van der Waals surface area (Å²) in [4.78, 5) is 12.0. The van der Waals surface area contributed by atoms with Crippen molar-refractivity contribution < 1.29 is 4.79 Å². The van der Waals surface area contributed by atoms with E-state index < -0.39 is 0 Å². The summed E-state index contributed by atoms with van der Waals surface area (Å²) in [6.45, 7) is 2.83. The zero-order valence-corrected chi connectivity index (χ0v) is 11.7. The van der Waals surface area contributed by atoms with Crippen LogP contribution < -0.4 is 10.6 Å². The molecule has 3 nitrogen and oxygen atoms in total. The smallest absolute Gasteiger partial charge is 0.237 e. The van der Waals surface area contributed by atoms with Gasteiger partial charge in [0, 0.05) is 10.0 Å². The van der Waals surface area contributed by atoms with Gasteiger partial charge in [0.25, 0.3) is 0 Å². The molecule has 0 radical (unpaired) electrons. The van der Waals surface area contributed by atoms with E-state index >= 15 is 0 Å². The van der Waals surface area contributed by atoms with Crippen molar-refractivity contribution in [1.82, 2.24) is 10.6 Å². The minimum Gasteiger partial charge on any atom is -0.348 e. The molecule has 2 rings (SSSR count). The number of nitrogens with one attached hydrogen (secondary N) is 2. The first-order chi connectivity index (χ1) is 8.58. The van der Waals surface area contributed by atoms with Crippen molar-refractivity contribution in [3.8, 4) is 0 Å². The summed E-state index contributed by atoms with van der Waals surface area (Å²) in [6, 6.07) is 5.12. The topological polar surface area (TPSA) is 41.1 Å². The normalized spacial score (nSPS) is 20.7. The maximum absolute atomic E-state index is 12.0. The third-order valence-electron chi connectivity index (χ3n) is 3.16. The van der Waals surface area contributed by atoms with E-state index in [-0.39, 0.29) is 18.0 Å². The van der Waals surface area contributed by atoms with Gasteiger partial charge in [-0.25, -0.2) is 0 Å². The third kappa shape index (κ3) is 3.16. The van der Waals surface area contributed by atoms with Gasteiger partial charge in [-0.15, -0.1) is 0 Å². The standard InChI is InChI=1S/C13H16Cl2N2O/c1-8(10-5-4-9(14)7-11(10)15)17-13(18)12-3-2-6-16-12/h4-5,7-8,12,16H,2-3,6H2,1H3,(H,17,18)/t8?,12-/m0/s1. The summed E-state index contributed by atoms with van der Waals surface area (Å²) in [7, 11) is 0. The van der Waals surface area contributed by atoms with E-state index in [0.717, 1.165) is 24.9 Å². The highest BCUT2D eigenvalue weighted by molar-refractivity contribution is 6.35. The Hall–Kier alpha value is -0.770. The van der Waals surface area contributed by atoms with Crippen LogP contribution in [0.25, 0.3) is 0 Å². The van der Waals surface area contributed by atoms with Crippen LogP contribution in [-0.4, -0.2) is 18.5 Å². The minimum absolute atomic E-state index is 0.0333. The van der Waals surface area contributed by atoms with Crippen LogP contribution in [0.15, 0.2) is 18.2 Å². The predicted molar refractivity (Wildman–Crippen MR) is 74.0 cm³/mol. The summed E-state index contributed by atoms with van der Waals surface area (Å²) in [6.07, 6.45) is 1.95. The molecule has 1 heterocycles. The van der Waals surface area contributed by atoms with E-state index in [1.807, 2.05) is 13.0 Å². The van der Waals surface area contributed by atoms with Crippen molar-refractivity contribution >= 4 is 29.1 Å². The van der Waals surface area contributed by atoms with E-state index in [9.17, 15) is 4.79 Å². The monoisotopic (exact) mass is 286 g/mol. The quantitative estimate of drug-likeness (QED) is 0.897. The molecule has 2 atom stereocenters. The van der Waals surface area contributed by atoms with Crippen LogP contribution in [0.2, 0.25) is 10.0 Å². The molecule has 1 amide bonds. The van der Waals surface area contributed by atoms with E-state index in [1.165, 1.54) is 0 Å². The van der Waals surface area contributed by atoms with Crippen molar-refractivity contribution in [2.45, 2.75) is 31.8 Å². The molecule has 0 spiro atoms. The zero-order valence-electron chi connectivity index (χ0n) is 10.2. The summed E-state index contributed by atoms with van der Waals surface area (Å²) in [5.41, 5.74) is 0.882. The van der Waals surface area contributed by atoms with Crippen LogP contribution in [0, 0.1) is 0 Å². The Morgan fingerprint density at radius 1 is 1.50 bits per heavy atom. The van der Waals surface area contributed by atoms with Gasteiger partial charge in [0.05, 0.1) is 12.1 Å². The van der Waals surface area contributed by atoms with E-state index in [2.05, 4.69) is 10.6 Å². The fraction of sp³-hybridized carbons (Fsp3) is 0.462. The van der Waals surface area contributed by atoms with Gasteiger partial charge < -0.3 is 10.6 Å². The van der Waals surface area contributed by atoms with Crippen LogP contribution in [-0.2, 0) is 4.79 Å².